The van der Waals surface area contributed by atoms with E-state index in [0.717, 1.165) is 31.5 Å². The van der Waals surface area contributed by atoms with Crippen LogP contribution in [0.15, 0.2) is 24.3 Å². The number of piperidine rings is 1. The largest absolute Gasteiger partial charge is 0.444 e. The summed E-state index contributed by atoms with van der Waals surface area (Å²) in [6.07, 6.45) is 0.932. The Bertz CT molecular complexity index is 529. The molecule has 5 nitrogen and oxygen atoms in total. The van der Waals surface area contributed by atoms with Gasteiger partial charge in [0.1, 0.15) is 5.60 Å². The van der Waals surface area contributed by atoms with Gasteiger partial charge in [-0.05, 0) is 46.1 Å². The van der Waals surface area contributed by atoms with Crippen LogP contribution in [0.4, 0.5) is 4.79 Å². The molecular formula is C19H30N2O3. The third kappa shape index (κ3) is 6.13. The molecule has 1 aliphatic heterocycles. The SMILES string of the molecule is Cc1ccc(C(O)CN2CCC(NC(=O)OC(C)(C)C)CC2)cc1. The van der Waals surface area contributed by atoms with Crippen LogP contribution in [-0.4, -0.2) is 47.4 Å². The monoisotopic (exact) mass is 334 g/mol. The number of nitrogens with zero attached hydrogens (tertiary/aromatic N) is 1. The molecule has 1 heterocycles. The molecule has 2 N–H and O–H groups in total. The number of β-amino-alcohol motifs (C(OH)–C–C–N with tert-alkyl or cyclic N) is 1. The molecule has 2 rings (SSSR count). The van der Waals surface area contributed by atoms with E-state index in [1.54, 1.807) is 0 Å². The van der Waals surface area contributed by atoms with Gasteiger partial charge in [-0.2, -0.15) is 0 Å². The van der Waals surface area contributed by atoms with Crippen molar-refractivity contribution < 1.29 is 14.6 Å². The van der Waals surface area contributed by atoms with Gasteiger partial charge in [0, 0.05) is 25.7 Å². The number of hydrogen-bond acceptors (Lipinski definition) is 4. The lowest BCUT2D eigenvalue weighted by atomic mass is 10.0. The predicted octanol–water partition coefficient (Wildman–Crippen LogP) is 3.02. The van der Waals surface area contributed by atoms with Crippen LogP contribution in [0.1, 0.15) is 50.8 Å². The number of alkyl carbamates (subject to hydrolysis) is 1. The van der Waals surface area contributed by atoms with Crippen molar-refractivity contribution in [1.29, 1.82) is 0 Å². The normalized spacial score (nSPS) is 18.2. The Labute approximate surface area is 145 Å². The summed E-state index contributed by atoms with van der Waals surface area (Å²) in [5, 5.41) is 13.3. The van der Waals surface area contributed by atoms with Crippen LogP contribution >= 0.6 is 0 Å². The third-order valence-electron chi connectivity index (χ3n) is 4.20. The maximum atomic E-state index is 11.8. The fourth-order valence-electron chi connectivity index (χ4n) is 2.87. The minimum absolute atomic E-state index is 0.146. The van der Waals surface area contributed by atoms with E-state index in [9.17, 15) is 9.90 Å². The summed E-state index contributed by atoms with van der Waals surface area (Å²) in [7, 11) is 0. The first-order valence-electron chi connectivity index (χ1n) is 8.69. The van der Waals surface area contributed by atoms with E-state index in [1.807, 2.05) is 52.0 Å². The average Bonchev–Trinajstić information content (AvgIpc) is 2.48. The number of aliphatic hydroxyl groups is 1. The number of aliphatic hydroxyl groups excluding tert-OH is 1. The Balaban J connectivity index is 1.74. The molecule has 1 aromatic rings. The molecular weight excluding hydrogens is 304 g/mol. The van der Waals surface area contributed by atoms with E-state index in [-0.39, 0.29) is 12.1 Å². The Morgan fingerprint density at radius 2 is 1.88 bits per heavy atom. The highest BCUT2D eigenvalue weighted by Gasteiger charge is 2.24. The molecule has 0 aromatic heterocycles. The van der Waals surface area contributed by atoms with Crippen molar-refractivity contribution in [3.8, 4) is 0 Å². The van der Waals surface area contributed by atoms with Crippen LogP contribution < -0.4 is 5.32 Å². The average molecular weight is 334 g/mol. The zero-order valence-corrected chi connectivity index (χ0v) is 15.2. The molecule has 5 heteroatoms. The number of likely N-dealkylation sites (tertiary alicyclic amines) is 1. The van der Waals surface area contributed by atoms with Crippen LogP contribution in [0.25, 0.3) is 0 Å². The summed E-state index contributed by atoms with van der Waals surface area (Å²) >= 11 is 0. The van der Waals surface area contributed by atoms with Gasteiger partial charge in [0.25, 0.3) is 0 Å². The van der Waals surface area contributed by atoms with Crippen molar-refractivity contribution in [2.24, 2.45) is 0 Å². The molecule has 0 spiro atoms. The highest BCUT2D eigenvalue weighted by atomic mass is 16.6. The van der Waals surface area contributed by atoms with Crippen molar-refractivity contribution in [2.75, 3.05) is 19.6 Å². The molecule has 0 aliphatic carbocycles. The Kier molecular flexibility index (Phi) is 6.24. The minimum Gasteiger partial charge on any atom is -0.444 e. The maximum absolute atomic E-state index is 11.8. The summed E-state index contributed by atoms with van der Waals surface area (Å²) in [5.74, 6) is 0. The quantitative estimate of drug-likeness (QED) is 0.888. The second kappa shape index (κ2) is 7.99. The van der Waals surface area contributed by atoms with Gasteiger partial charge in [0.05, 0.1) is 6.10 Å². The van der Waals surface area contributed by atoms with Gasteiger partial charge >= 0.3 is 6.09 Å². The number of benzene rings is 1. The van der Waals surface area contributed by atoms with Gasteiger partial charge in [0.15, 0.2) is 0 Å². The van der Waals surface area contributed by atoms with Crippen molar-refractivity contribution in [2.45, 2.75) is 58.3 Å². The molecule has 1 aromatic carbocycles. The Hall–Kier alpha value is -1.59. The maximum Gasteiger partial charge on any atom is 0.407 e. The topological polar surface area (TPSA) is 61.8 Å². The summed E-state index contributed by atoms with van der Waals surface area (Å²) < 4.78 is 5.30. The highest BCUT2D eigenvalue weighted by Crippen LogP contribution is 2.18. The second-order valence-electron chi connectivity index (χ2n) is 7.65. The van der Waals surface area contributed by atoms with Crippen molar-refractivity contribution >= 4 is 6.09 Å². The molecule has 1 aliphatic rings. The molecule has 1 fully saturated rings. The zero-order chi connectivity index (χ0) is 17.7. The number of aryl methyl sites for hydroxylation is 1. The Morgan fingerprint density at radius 3 is 2.42 bits per heavy atom. The fraction of sp³-hybridized carbons (Fsp3) is 0.632. The first-order valence-corrected chi connectivity index (χ1v) is 8.69. The fourth-order valence-corrected chi connectivity index (χ4v) is 2.87. The molecule has 1 unspecified atom stereocenters. The summed E-state index contributed by atoms with van der Waals surface area (Å²) in [5.41, 5.74) is 1.68. The van der Waals surface area contributed by atoms with Crippen molar-refractivity contribution in [3.05, 3.63) is 35.4 Å². The number of carbonyl (C=O) groups excluding carboxylic acids is 1. The number of rotatable bonds is 4. The standard InChI is InChI=1S/C19H30N2O3/c1-14-5-7-15(8-6-14)17(22)13-21-11-9-16(10-12-21)20-18(23)24-19(2,3)4/h5-8,16-17,22H,9-13H2,1-4H3,(H,20,23). The third-order valence-corrected chi connectivity index (χ3v) is 4.20. The molecule has 1 amide bonds. The molecule has 0 saturated carbocycles. The number of ether oxygens (including phenoxy) is 1. The molecule has 1 saturated heterocycles. The summed E-state index contributed by atoms with van der Waals surface area (Å²) in [4.78, 5) is 14.1. The van der Waals surface area contributed by atoms with Crippen LogP contribution in [0.3, 0.4) is 0 Å². The van der Waals surface area contributed by atoms with Crippen LogP contribution in [0, 0.1) is 6.92 Å². The highest BCUT2D eigenvalue weighted by molar-refractivity contribution is 5.68. The first-order chi connectivity index (χ1) is 11.2. The van der Waals surface area contributed by atoms with Crippen LogP contribution in [0.5, 0.6) is 0 Å². The first kappa shape index (κ1) is 18.7. The predicted molar refractivity (Wildman–Crippen MR) is 95.0 cm³/mol. The van der Waals surface area contributed by atoms with E-state index in [0.29, 0.717) is 6.54 Å². The lowest BCUT2D eigenvalue weighted by Gasteiger charge is -2.33. The zero-order valence-electron chi connectivity index (χ0n) is 15.2. The molecule has 1 atom stereocenters. The summed E-state index contributed by atoms with van der Waals surface area (Å²) in [6.45, 7) is 9.98. The second-order valence-corrected chi connectivity index (χ2v) is 7.65. The van der Waals surface area contributed by atoms with Gasteiger partial charge in [-0.3, -0.25) is 0 Å². The van der Waals surface area contributed by atoms with Crippen LogP contribution in [-0.2, 0) is 4.74 Å². The molecule has 0 radical (unpaired) electrons. The van der Waals surface area contributed by atoms with Gasteiger partial charge in [-0.15, -0.1) is 0 Å². The van der Waals surface area contributed by atoms with Crippen molar-refractivity contribution in [3.63, 3.8) is 0 Å². The van der Waals surface area contributed by atoms with E-state index < -0.39 is 11.7 Å². The van der Waals surface area contributed by atoms with Gasteiger partial charge in [-0.1, -0.05) is 29.8 Å². The molecule has 134 valence electrons. The molecule has 24 heavy (non-hydrogen) atoms. The minimum atomic E-state index is -0.471. The number of hydrogen-bond donors (Lipinski definition) is 2. The van der Waals surface area contributed by atoms with Gasteiger partial charge in [-0.25, -0.2) is 4.79 Å². The smallest absolute Gasteiger partial charge is 0.407 e. The van der Waals surface area contributed by atoms with Crippen LogP contribution in [0.2, 0.25) is 0 Å². The number of nitrogens with one attached hydrogen (secondary N) is 1. The number of carbonyl (C=O) groups is 1. The van der Waals surface area contributed by atoms with E-state index in [2.05, 4.69) is 10.2 Å². The lowest BCUT2D eigenvalue weighted by Crippen LogP contribution is -2.46. The van der Waals surface area contributed by atoms with E-state index in [4.69, 9.17) is 4.74 Å². The number of amides is 1. The molecule has 0 bridgehead atoms. The van der Waals surface area contributed by atoms with E-state index >= 15 is 0 Å². The Morgan fingerprint density at radius 1 is 1.29 bits per heavy atom. The summed E-state index contributed by atoms with van der Waals surface area (Å²) in [6, 6.07) is 8.16. The van der Waals surface area contributed by atoms with Gasteiger partial charge < -0.3 is 20.1 Å². The van der Waals surface area contributed by atoms with Gasteiger partial charge in [0.2, 0.25) is 0 Å². The van der Waals surface area contributed by atoms with Crippen molar-refractivity contribution in [1.82, 2.24) is 10.2 Å². The lowest BCUT2D eigenvalue weighted by molar-refractivity contribution is 0.0459. The van der Waals surface area contributed by atoms with E-state index in [1.165, 1.54) is 5.56 Å².